The fraction of sp³-hybridized carbons (Fsp3) is 0.412. The predicted octanol–water partition coefficient (Wildman–Crippen LogP) is 4.84. The van der Waals surface area contributed by atoms with Gasteiger partial charge in [-0.05, 0) is 37.3 Å². The van der Waals surface area contributed by atoms with Crippen molar-refractivity contribution in [2.24, 2.45) is 5.92 Å². The van der Waals surface area contributed by atoms with Crippen LogP contribution in [0, 0.1) is 19.8 Å². The molecule has 1 aromatic rings. The largest absolute Gasteiger partial charge is 0.0780 e. The molecule has 96 valence electrons. The molecule has 0 nitrogen and oxygen atoms in total. The Morgan fingerprint density at radius 1 is 1.11 bits per heavy atom. The summed E-state index contributed by atoms with van der Waals surface area (Å²) in [6.07, 6.45) is 8.39. The van der Waals surface area contributed by atoms with E-state index in [0.717, 1.165) is 6.42 Å². The van der Waals surface area contributed by atoms with E-state index in [9.17, 15) is 0 Å². The monoisotopic (exact) mass is 256 g/mol. The van der Waals surface area contributed by atoms with Crippen molar-refractivity contribution in [3.8, 4) is 0 Å². The van der Waals surface area contributed by atoms with E-state index < -0.39 is 8.07 Å². The van der Waals surface area contributed by atoms with Gasteiger partial charge >= 0.3 is 0 Å². The van der Waals surface area contributed by atoms with Crippen LogP contribution in [0.25, 0.3) is 0 Å². The molecule has 0 aromatic heterocycles. The van der Waals surface area contributed by atoms with Crippen molar-refractivity contribution in [1.29, 1.82) is 0 Å². The third-order valence-electron chi connectivity index (χ3n) is 3.74. The lowest BCUT2D eigenvalue weighted by atomic mass is 9.96. The number of hydrogen-bond acceptors (Lipinski definition) is 0. The first-order valence-electron chi connectivity index (χ1n) is 6.83. The Morgan fingerprint density at radius 2 is 1.83 bits per heavy atom. The first kappa shape index (κ1) is 13.4. The summed E-state index contributed by atoms with van der Waals surface area (Å²) < 4.78 is 0. The fourth-order valence-corrected chi connectivity index (χ4v) is 3.78. The maximum Gasteiger partial charge on any atom is 0.0771 e. The zero-order valence-electron chi connectivity index (χ0n) is 12.2. The van der Waals surface area contributed by atoms with Gasteiger partial charge in [-0.15, -0.1) is 0 Å². The van der Waals surface area contributed by atoms with Crippen molar-refractivity contribution in [2.75, 3.05) is 0 Å². The van der Waals surface area contributed by atoms with Crippen LogP contribution in [0.1, 0.15) is 16.7 Å². The minimum absolute atomic E-state index is 0.604. The van der Waals surface area contributed by atoms with Crippen LogP contribution in [0.15, 0.2) is 41.6 Å². The van der Waals surface area contributed by atoms with Crippen LogP contribution < -0.4 is 0 Å². The Kier molecular flexibility index (Phi) is 3.63. The van der Waals surface area contributed by atoms with Crippen molar-refractivity contribution in [2.45, 2.75) is 39.9 Å². The fourth-order valence-electron chi connectivity index (χ4n) is 2.47. The summed E-state index contributed by atoms with van der Waals surface area (Å²) in [5.41, 5.74) is 4.29. The second-order valence-corrected chi connectivity index (χ2v) is 11.6. The molecule has 0 amide bonds. The second-order valence-electron chi connectivity index (χ2n) is 6.53. The summed E-state index contributed by atoms with van der Waals surface area (Å²) in [4.78, 5) is 0. The molecule has 0 fully saturated rings. The molecule has 0 saturated heterocycles. The van der Waals surface area contributed by atoms with E-state index in [-0.39, 0.29) is 0 Å². The average molecular weight is 256 g/mol. The summed E-state index contributed by atoms with van der Waals surface area (Å²) in [7, 11) is -1.13. The third-order valence-corrected chi connectivity index (χ3v) is 5.81. The van der Waals surface area contributed by atoms with Crippen molar-refractivity contribution in [1.82, 2.24) is 0 Å². The Morgan fingerprint density at radius 3 is 2.44 bits per heavy atom. The van der Waals surface area contributed by atoms with Gasteiger partial charge in [-0.25, -0.2) is 0 Å². The lowest BCUT2D eigenvalue weighted by Crippen LogP contribution is -2.22. The summed E-state index contributed by atoms with van der Waals surface area (Å²) in [6, 6.07) is 6.78. The lowest BCUT2D eigenvalue weighted by Gasteiger charge is -2.16. The van der Waals surface area contributed by atoms with Gasteiger partial charge in [-0.1, -0.05) is 66.8 Å². The van der Waals surface area contributed by atoms with E-state index in [0.29, 0.717) is 5.92 Å². The van der Waals surface area contributed by atoms with Crippen LogP contribution in [-0.4, -0.2) is 8.07 Å². The van der Waals surface area contributed by atoms with Crippen molar-refractivity contribution < 1.29 is 0 Å². The van der Waals surface area contributed by atoms with Crippen LogP contribution >= 0.6 is 0 Å². The highest BCUT2D eigenvalue weighted by atomic mass is 28.3. The van der Waals surface area contributed by atoms with E-state index >= 15 is 0 Å². The Labute approximate surface area is 112 Å². The van der Waals surface area contributed by atoms with E-state index in [2.05, 4.69) is 69.9 Å². The van der Waals surface area contributed by atoms with Gasteiger partial charge in [-0.3, -0.25) is 0 Å². The molecule has 1 aromatic carbocycles. The Bertz CT molecular complexity index is 501. The molecule has 0 radical (unpaired) electrons. The minimum Gasteiger partial charge on any atom is -0.0780 e. The van der Waals surface area contributed by atoms with Crippen LogP contribution in [0.5, 0.6) is 0 Å². The van der Waals surface area contributed by atoms with E-state index in [1.807, 2.05) is 0 Å². The zero-order chi connectivity index (χ0) is 13.3. The first-order chi connectivity index (χ1) is 8.36. The molecule has 1 atom stereocenters. The van der Waals surface area contributed by atoms with Crippen LogP contribution in [0.2, 0.25) is 19.6 Å². The van der Waals surface area contributed by atoms with Crippen molar-refractivity contribution in [3.05, 3.63) is 58.3 Å². The molecule has 18 heavy (non-hydrogen) atoms. The molecule has 1 heteroatoms. The molecule has 0 bridgehead atoms. The highest BCUT2D eigenvalue weighted by Gasteiger charge is 2.22. The van der Waals surface area contributed by atoms with Gasteiger partial charge in [0.2, 0.25) is 0 Å². The normalized spacial score (nSPS) is 19.2. The molecule has 0 N–H and O–H groups in total. The molecule has 1 aliphatic rings. The molecule has 0 heterocycles. The van der Waals surface area contributed by atoms with Gasteiger partial charge in [0.1, 0.15) is 0 Å². The second kappa shape index (κ2) is 4.89. The minimum atomic E-state index is -1.13. The quantitative estimate of drug-likeness (QED) is 0.679. The lowest BCUT2D eigenvalue weighted by molar-refractivity contribution is 0.809. The van der Waals surface area contributed by atoms with E-state index in [1.165, 1.54) is 16.7 Å². The smallest absolute Gasteiger partial charge is 0.0771 e. The molecule has 2 rings (SSSR count). The van der Waals surface area contributed by atoms with Crippen LogP contribution in [-0.2, 0) is 6.42 Å². The zero-order valence-corrected chi connectivity index (χ0v) is 13.2. The van der Waals surface area contributed by atoms with Crippen LogP contribution in [0.4, 0.5) is 0 Å². The molecule has 1 aliphatic carbocycles. The maximum atomic E-state index is 2.49. The van der Waals surface area contributed by atoms with Crippen molar-refractivity contribution in [3.63, 3.8) is 0 Å². The van der Waals surface area contributed by atoms with Gasteiger partial charge in [0.25, 0.3) is 0 Å². The van der Waals surface area contributed by atoms with Crippen molar-refractivity contribution >= 4 is 8.07 Å². The molecule has 0 spiro atoms. The first-order valence-corrected chi connectivity index (χ1v) is 10.3. The molecular weight excluding hydrogens is 232 g/mol. The third kappa shape index (κ3) is 3.02. The highest BCUT2D eigenvalue weighted by Crippen LogP contribution is 2.27. The summed E-state index contributed by atoms with van der Waals surface area (Å²) in [5, 5.41) is 1.61. The topological polar surface area (TPSA) is 0 Å². The SMILES string of the molecule is Cc1ccc(C)c(CC2C=CC([Si](C)(C)C)=C2)c1. The number of allylic oxidation sites excluding steroid dienone is 4. The molecule has 0 saturated carbocycles. The number of hydrogen-bond donors (Lipinski definition) is 0. The van der Waals surface area contributed by atoms with Gasteiger partial charge < -0.3 is 0 Å². The van der Waals surface area contributed by atoms with E-state index in [4.69, 9.17) is 0 Å². The summed E-state index contributed by atoms with van der Waals surface area (Å²) in [5.74, 6) is 0.604. The van der Waals surface area contributed by atoms with Gasteiger partial charge in [0.15, 0.2) is 0 Å². The number of rotatable bonds is 3. The summed E-state index contributed by atoms with van der Waals surface area (Å²) in [6.45, 7) is 11.7. The molecule has 0 aliphatic heterocycles. The predicted molar refractivity (Wildman–Crippen MR) is 83.7 cm³/mol. The maximum absolute atomic E-state index is 2.49. The number of benzene rings is 1. The van der Waals surface area contributed by atoms with Gasteiger partial charge in [0.05, 0.1) is 8.07 Å². The van der Waals surface area contributed by atoms with Gasteiger partial charge in [0, 0.05) is 0 Å². The Balaban J connectivity index is 2.15. The average Bonchev–Trinajstić information content (AvgIpc) is 2.71. The molecule has 1 unspecified atom stereocenters. The summed E-state index contributed by atoms with van der Waals surface area (Å²) >= 11 is 0. The van der Waals surface area contributed by atoms with Crippen LogP contribution in [0.3, 0.4) is 0 Å². The Hall–Kier alpha value is -1.08. The van der Waals surface area contributed by atoms with Gasteiger partial charge in [-0.2, -0.15) is 0 Å². The molecular formula is C17H24Si. The highest BCUT2D eigenvalue weighted by molar-refractivity contribution is 6.83. The number of aryl methyl sites for hydroxylation is 2. The van der Waals surface area contributed by atoms with E-state index in [1.54, 1.807) is 5.20 Å². The standard InChI is InChI=1S/C17H24Si/c1-13-6-7-14(2)16(10-13)11-15-8-9-17(12-15)18(3,4)5/h6-10,12,15H,11H2,1-5H3.